The summed E-state index contributed by atoms with van der Waals surface area (Å²) in [5, 5.41) is 0. The van der Waals surface area contributed by atoms with Gasteiger partial charge in [0, 0.05) is 51.4 Å². The van der Waals surface area contributed by atoms with Gasteiger partial charge >= 0.3 is 0 Å². The predicted molar refractivity (Wildman–Crippen MR) is 121 cm³/mol. The molecule has 1 heterocycles. The van der Waals surface area contributed by atoms with Gasteiger partial charge < -0.3 is 9.64 Å². The Hall–Kier alpha value is -0.980. The molecule has 0 amide bonds. The minimum atomic E-state index is -0.101. The molecule has 5 heteroatoms. The van der Waals surface area contributed by atoms with E-state index in [2.05, 4.69) is 80.1 Å². The standard InChI is InChI=1S/C23H44N4O/c1-8-10-11-22(9-2)18-27-16-14-26(15-17-27)13-12-23(6,7)28-19-21(5)25-24-20(3)4/h8-11,20-21,24-25H,2,12-19H2,1,3-7H3/b10-8-,22-11+. The molecule has 1 aliphatic rings. The van der Waals surface area contributed by atoms with E-state index in [1.165, 1.54) is 5.57 Å². The molecule has 2 N–H and O–H groups in total. The number of ether oxygens (including phenoxy) is 1. The average molecular weight is 393 g/mol. The largest absolute Gasteiger partial charge is 0.374 e. The molecule has 0 saturated carbocycles. The fraction of sp³-hybridized carbons (Fsp3) is 0.739. The number of hydrogen-bond acceptors (Lipinski definition) is 5. The van der Waals surface area contributed by atoms with Crippen molar-refractivity contribution in [1.82, 2.24) is 20.7 Å². The lowest BCUT2D eigenvalue weighted by Crippen LogP contribution is -2.48. The first-order chi connectivity index (χ1) is 13.3. The van der Waals surface area contributed by atoms with Crippen LogP contribution in [0, 0.1) is 0 Å². The summed E-state index contributed by atoms with van der Waals surface area (Å²) in [6.45, 7) is 24.1. The lowest BCUT2D eigenvalue weighted by molar-refractivity contribution is -0.0400. The number of hydrazine groups is 1. The van der Waals surface area contributed by atoms with Gasteiger partial charge in [0.2, 0.25) is 0 Å². The van der Waals surface area contributed by atoms with Gasteiger partial charge in [-0.1, -0.05) is 30.9 Å². The Labute approximate surface area is 173 Å². The number of piperazine rings is 1. The highest BCUT2D eigenvalue weighted by atomic mass is 16.5. The molecule has 0 radical (unpaired) electrons. The summed E-state index contributed by atoms with van der Waals surface area (Å²) in [5.74, 6) is 0. The zero-order chi connectivity index (χ0) is 21.0. The summed E-state index contributed by atoms with van der Waals surface area (Å²) in [6, 6.07) is 0.718. The van der Waals surface area contributed by atoms with Gasteiger partial charge in [0.05, 0.1) is 12.2 Å². The third-order valence-electron chi connectivity index (χ3n) is 5.01. The Morgan fingerprint density at radius 1 is 1.11 bits per heavy atom. The van der Waals surface area contributed by atoms with E-state index in [-0.39, 0.29) is 5.60 Å². The molecule has 1 fully saturated rings. The highest BCUT2D eigenvalue weighted by molar-refractivity contribution is 5.23. The molecule has 0 aromatic carbocycles. The van der Waals surface area contributed by atoms with Crippen LogP contribution in [0.4, 0.5) is 0 Å². The van der Waals surface area contributed by atoms with E-state index in [1.807, 2.05) is 13.0 Å². The lowest BCUT2D eigenvalue weighted by Gasteiger charge is -2.37. The SMILES string of the molecule is C=C/C(=C\C=C/C)CN1CCN(CCC(C)(C)OCC(C)NNC(C)C)CC1. The molecule has 1 unspecified atom stereocenters. The number of nitrogens with zero attached hydrogens (tertiary/aromatic N) is 2. The molecule has 1 atom stereocenters. The summed E-state index contributed by atoms with van der Waals surface area (Å²) in [7, 11) is 0. The van der Waals surface area contributed by atoms with Crippen molar-refractivity contribution < 1.29 is 4.74 Å². The van der Waals surface area contributed by atoms with E-state index >= 15 is 0 Å². The van der Waals surface area contributed by atoms with Crippen LogP contribution in [0.25, 0.3) is 0 Å². The molecule has 0 bridgehead atoms. The van der Waals surface area contributed by atoms with Crippen molar-refractivity contribution in [2.75, 3.05) is 45.9 Å². The first kappa shape index (κ1) is 25.1. The second-order valence-electron chi connectivity index (χ2n) is 8.75. The number of hydrogen-bond donors (Lipinski definition) is 2. The molecule has 1 rings (SSSR count). The zero-order valence-electron chi connectivity index (χ0n) is 19.1. The highest BCUT2D eigenvalue weighted by Gasteiger charge is 2.23. The van der Waals surface area contributed by atoms with Crippen molar-refractivity contribution in [3.05, 3.63) is 36.5 Å². The first-order valence-electron chi connectivity index (χ1n) is 10.8. The second kappa shape index (κ2) is 13.3. The average Bonchev–Trinajstić information content (AvgIpc) is 2.67. The topological polar surface area (TPSA) is 39.8 Å². The molecule has 1 saturated heterocycles. The van der Waals surface area contributed by atoms with Crippen LogP contribution in [-0.2, 0) is 4.74 Å². The van der Waals surface area contributed by atoms with E-state index in [0.717, 1.165) is 45.7 Å². The maximum absolute atomic E-state index is 6.18. The molecule has 0 aliphatic carbocycles. The Kier molecular flexibility index (Phi) is 11.9. The monoisotopic (exact) mass is 392 g/mol. The molecule has 1 aliphatic heterocycles. The van der Waals surface area contributed by atoms with E-state index in [4.69, 9.17) is 4.74 Å². The highest BCUT2D eigenvalue weighted by Crippen LogP contribution is 2.16. The maximum atomic E-state index is 6.18. The van der Waals surface area contributed by atoms with Crippen LogP contribution in [0.1, 0.15) is 48.0 Å². The molecule has 5 nitrogen and oxygen atoms in total. The van der Waals surface area contributed by atoms with Gasteiger partial charge in [0.15, 0.2) is 0 Å². The molecule has 0 aromatic rings. The third kappa shape index (κ3) is 11.1. The summed E-state index contributed by atoms with van der Waals surface area (Å²) < 4.78 is 6.18. The fourth-order valence-electron chi connectivity index (χ4n) is 3.04. The summed E-state index contributed by atoms with van der Waals surface area (Å²) in [6.07, 6.45) is 9.33. The van der Waals surface area contributed by atoms with Crippen molar-refractivity contribution in [1.29, 1.82) is 0 Å². The smallest absolute Gasteiger partial charge is 0.0639 e. The van der Waals surface area contributed by atoms with E-state index < -0.39 is 0 Å². The van der Waals surface area contributed by atoms with Gasteiger partial charge in [-0.25, -0.2) is 0 Å². The molecule has 162 valence electrons. The fourth-order valence-corrected chi connectivity index (χ4v) is 3.04. The number of allylic oxidation sites excluding steroid dienone is 3. The van der Waals surface area contributed by atoms with Gasteiger partial charge in [0.25, 0.3) is 0 Å². The lowest BCUT2D eigenvalue weighted by atomic mass is 10.0. The number of nitrogens with one attached hydrogen (secondary N) is 2. The minimum absolute atomic E-state index is 0.101. The Balaban J connectivity index is 2.28. The van der Waals surface area contributed by atoms with Gasteiger partial charge in [-0.3, -0.25) is 15.8 Å². The molecular formula is C23H44N4O. The van der Waals surface area contributed by atoms with Crippen LogP contribution in [0.5, 0.6) is 0 Å². The van der Waals surface area contributed by atoms with Crippen LogP contribution >= 0.6 is 0 Å². The van der Waals surface area contributed by atoms with E-state index in [9.17, 15) is 0 Å². The van der Waals surface area contributed by atoms with Crippen molar-refractivity contribution in [2.24, 2.45) is 0 Å². The Morgan fingerprint density at radius 3 is 2.32 bits per heavy atom. The van der Waals surface area contributed by atoms with E-state index in [1.54, 1.807) is 0 Å². The molecule has 0 spiro atoms. The number of rotatable bonds is 13. The zero-order valence-corrected chi connectivity index (χ0v) is 19.1. The summed E-state index contributed by atoms with van der Waals surface area (Å²) in [4.78, 5) is 5.08. The van der Waals surface area contributed by atoms with Crippen molar-refractivity contribution >= 4 is 0 Å². The van der Waals surface area contributed by atoms with Crippen molar-refractivity contribution in [3.8, 4) is 0 Å². The molecule has 28 heavy (non-hydrogen) atoms. The second-order valence-corrected chi connectivity index (χ2v) is 8.75. The van der Waals surface area contributed by atoms with Gasteiger partial charge in [-0.2, -0.15) is 0 Å². The Bertz CT molecular complexity index is 491. The van der Waals surface area contributed by atoms with Gasteiger partial charge in [0.1, 0.15) is 0 Å². The summed E-state index contributed by atoms with van der Waals surface area (Å²) >= 11 is 0. The van der Waals surface area contributed by atoms with Crippen LogP contribution < -0.4 is 10.9 Å². The Morgan fingerprint density at radius 2 is 1.75 bits per heavy atom. The summed E-state index contributed by atoms with van der Waals surface area (Å²) in [5.41, 5.74) is 7.72. The van der Waals surface area contributed by atoms with Crippen molar-refractivity contribution in [3.63, 3.8) is 0 Å². The third-order valence-corrected chi connectivity index (χ3v) is 5.01. The van der Waals surface area contributed by atoms with E-state index in [0.29, 0.717) is 18.7 Å². The van der Waals surface area contributed by atoms with Crippen molar-refractivity contribution in [2.45, 2.75) is 65.6 Å². The van der Waals surface area contributed by atoms with Crippen LogP contribution in [-0.4, -0.2) is 73.4 Å². The van der Waals surface area contributed by atoms with Gasteiger partial charge in [-0.05, 0) is 53.5 Å². The minimum Gasteiger partial charge on any atom is -0.374 e. The predicted octanol–water partition coefficient (Wildman–Crippen LogP) is 3.37. The quantitative estimate of drug-likeness (QED) is 0.371. The van der Waals surface area contributed by atoms with Crippen LogP contribution in [0.3, 0.4) is 0 Å². The van der Waals surface area contributed by atoms with Crippen LogP contribution in [0.15, 0.2) is 36.5 Å². The normalized spacial score (nSPS) is 18.9. The molecule has 0 aromatic heterocycles. The maximum Gasteiger partial charge on any atom is 0.0639 e. The van der Waals surface area contributed by atoms with Gasteiger partial charge in [-0.15, -0.1) is 0 Å². The first-order valence-corrected chi connectivity index (χ1v) is 10.8. The van der Waals surface area contributed by atoms with Crippen LogP contribution in [0.2, 0.25) is 0 Å². The molecular weight excluding hydrogens is 348 g/mol.